The van der Waals surface area contributed by atoms with Gasteiger partial charge in [-0.15, -0.1) is 0 Å². The summed E-state index contributed by atoms with van der Waals surface area (Å²) in [5, 5.41) is 0. The molecule has 6 heteroatoms. The van der Waals surface area contributed by atoms with Crippen LogP contribution in [0.5, 0.6) is 0 Å². The third-order valence-corrected chi connectivity index (χ3v) is 5.52. The lowest BCUT2D eigenvalue weighted by Crippen LogP contribution is -2.36. The highest BCUT2D eigenvalue weighted by Crippen LogP contribution is 2.45. The van der Waals surface area contributed by atoms with Crippen molar-refractivity contribution >= 4 is 11.8 Å². The van der Waals surface area contributed by atoms with Gasteiger partial charge in [0.25, 0.3) is 5.91 Å². The third-order valence-electron chi connectivity index (χ3n) is 5.52. The number of carbonyl (C=O) groups is 2. The van der Waals surface area contributed by atoms with Crippen LogP contribution < -0.4 is 0 Å². The fourth-order valence-electron chi connectivity index (χ4n) is 4.30. The standard InChI is InChI=1S/C20H22N4O2/c1-13-21-8-16(9-22-13)20(26)23-10-17-11-24(14(2)25)19(18(17)12-23)15-6-4-3-5-7-15/h3-9,17-19H,10-12H2,1-2H3/t17-,18-,19-/m1/s1. The largest absolute Gasteiger partial charge is 0.338 e. The lowest BCUT2D eigenvalue weighted by Gasteiger charge is -2.29. The predicted molar refractivity (Wildman–Crippen MR) is 96.2 cm³/mol. The number of carbonyl (C=O) groups excluding carboxylic acids is 2. The van der Waals surface area contributed by atoms with E-state index in [1.54, 1.807) is 26.2 Å². The van der Waals surface area contributed by atoms with E-state index in [0.29, 0.717) is 36.9 Å². The van der Waals surface area contributed by atoms with Crippen molar-refractivity contribution in [3.05, 3.63) is 59.7 Å². The van der Waals surface area contributed by atoms with Crippen LogP contribution in [-0.2, 0) is 4.79 Å². The van der Waals surface area contributed by atoms with Gasteiger partial charge in [0.05, 0.1) is 11.6 Å². The van der Waals surface area contributed by atoms with Gasteiger partial charge in [-0.05, 0) is 12.5 Å². The minimum absolute atomic E-state index is 0.0272. The first-order valence-corrected chi connectivity index (χ1v) is 8.94. The van der Waals surface area contributed by atoms with Gasteiger partial charge in [-0.1, -0.05) is 30.3 Å². The number of amides is 2. The number of aromatic nitrogens is 2. The zero-order chi connectivity index (χ0) is 18.3. The fourth-order valence-corrected chi connectivity index (χ4v) is 4.30. The second-order valence-corrected chi connectivity index (χ2v) is 7.18. The summed E-state index contributed by atoms with van der Waals surface area (Å²) in [6, 6.07) is 10.2. The molecular formula is C20H22N4O2. The van der Waals surface area contributed by atoms with Crippen molar-refractivity contribution in [3.8, 4) is 0 Å². The highest BCUT2D eigenvalue weighted by molar-refractivity contribution is 5.93. The smallest absolute Gasteiger partial charge is 0.257 e. The summed E-state index contributed by atoms with van der Waals surface area (Å²) >= 11 is 0. The van der Waals surface area contributed by atoms with Crippen molar-refractivity contribution in [1.82, 2.24) is 19.8 Å². The average Bonchev–Trinajstić information content (AvgIpc) is 3.20. The molecule has 2 aliphatic heterocycles. The Kier molecular flexibility index (Phi) is 4.18. The molecule has 0 spiro atoms. The van der Waals surface area contributed by atoms with Crippen molar-refractivity contribution < 1.29 is 9.59 Å². The van der Waals surface area contributed by atoms with E-state index in [1.165, 1.54) is 0 Å². The van der Waals surface area contributed by atoms with Gasteiger partial charge in [-0.3, -0.25) is 9.59 Å². The van der Waals surface area contributed by atoms with E-state index >= 15 is 0 Å². The van der Waals surface area contributed by atoms with Gasteiger partial charge in [0.1, 0.15) is 5.82 Å². The SMILES string of the molecule is CC(=O)N1C[C@H]2CN(C(=O)c3cnc(C)nc3)C[C@H]2[C@H]1c1ccccc1. The molecule has 6 nitrogen and oxygen atoms in total. The quantitative estimate of drug-likeness (QED) is 0.832. The zero-order valence-corrected chi connectivity index (χ0v) is 15.0. The summed E-state index contributed by atoms with van der Waals surface area (Å²) in [5.41, 5.74) is 1.67. The first-order chi connectivity index (χ1) is 12.5. The molecule has 134 valence electrons. The van der Waals surface area contributed by atoms with Gasteiger partial charge < -0.3 is 9.80 Å². The van der Waals surface area contributed by atoms with Gasteiger partial charge in [-0.25, -0.2) is 9.97 Å². The molecule has 2 aliphatic rings. The van der Waals surface area contributed by atoms with Crippen LogP contribution in [0.3, 0.4) is 0 Å². The summed E-state index contributed by atoms with van der Waals surface area (Å²) < 4.78 is 0. The molecule has 4 rings (SSSR count). The molecule has 2 saturated heterocycles. The Bertz CT molecular complexity index is 821. The van der Waals surface area contributed by atoms with Crippen LogP contribution in [0, 0.1) is 18.8 Å². The van der Waals surface area contributed by atoms with E-state index in [1.807, 2.05) is 28.0 Å². The maximum Gasteiger partial charge on any atom is 0.257 e. The molecule has 3 atom stereocenters. The van der Waals surface area contributed by atoms with Gasteiger partial charge >= 0.3 is 0 Å². The molecule has 0 bridgehead atoms. The molecule has 2 amide bonds. The lowest BCUT2D eigenvalue weighted by atomic mass is 9.89. The monoisotopic (exact) mass is 350 g/mol. The van der Waals surface area contributed by atoms with E-state index in [2.05, 4.69) is 22.1 Å². The molecule has 1 aromatic carbocycles. The average molecular weight is 350 g/mol. The number of hydrogen-bond acceptors (Lipinski definition) is 4. The van der Waals surface area contributed by atoms with Crippen LogP contribution in [-0.4, -0.2) is 51.2 Å². The summed E-state index contributed by atoms with van der Waals surface area (Å²) in [6.45, 7) is 5.46. The van der Waals surface area contributed by atoms with Crippen LogP contribution in [0.15, 0.2) is 42.7 Å². The summed E-state index contributed by atoms with van der Waals surface area (Å²) in [7, 11) is 0. The summed E-state index contributed by atoms with van der Waals surface area (Å²) in [5.74, 6) is 1.29. The van der Waals surface area contributed by atoms with Gasteiger partial charge in [0.2, 0.25) is 5.91 Å². The molecule has 1 aromatic heterocycles. The minimum Gasteiger partial charge on any atom is -0.338 e. The third kappa shape index (κ3) is 2.85. The van der Waals surface area contributed by atoms with E-state index in [-0.39, 0.29) is 23.8 Å². The number of hydrogen-bond donors (Lipinski definition) is 0. The summed E-state index contributed by atoms with van der Waals surface area (Å²) in [6.07, 6.45) is 3.19. The van der Waals surface area contributed by atoms with Gasteiger partial charge in [0.15, 0.2) is 0 Å². The van der Waals surface area contributed by atoms with Crippen molar-refractivity contribution in [2.24, 2.45) is 11.8 Å². The Morgan fingerprint density at radius 1 is 1.04 bits per heavy atom. The molecular weight excluding hydrogens is 328 g/mol. The Morgan fingerprint density at radius 3 is 2.38 bits per heavy atom. The topological polar surface area (TPSA) is 66.4 Å². The lowest BCUT2D eigenvalue weighted by molar-refractivity contribution is -0.130. The predicted octanol–water partition coefficient (Wildman–Crippen LogP) is 2.08. The number of likely N-dealkylation sites (tertiary alicyclic amines) is 2. The second kappa shape index (κ2) is 6.52. The number of fused-ring (bicyclic) bond motifs is 1. The van der Waals surface area contributed by atoms with E-state index in [0.717, 1.165) is 5.56 Å². The van der Waals surface area contributed by atoms with Crippen molar-refractivity contribution in [2.75, 3.05) is 19.6 Å². The maximum absolute atomic E-state index is 12.8. The zero-order valence-electron chi connectivity index (χ0n) is 15.0. The Balaban J connectivity index is 1.57. The Hall–Kier alpha value is -2.76. The Morgan fingerprint density at radius 2 is 1.73 bits per heavy atom. The normalized spacial score (nSPS) is 24.6. The van der Waals surface area contributed by atoms with Crippen LogP contribution >= 0.6 is 0 Å². The number of benzene rings is 1. The van der Waals surface area contributed by atoms with Crippen LogP contribution in [0.25, 0.3) is 0 Å². The highest BCUT2D eigenvalue weighted by atomic mass is 16.2. The number of nitrogens with zero attached hydrogens (tertiary/aromatic N) is 4. The van der Waals surface area contributed by atoms with Crippen LogP contribution in [0.1, 0.15) is 34.7 Å². The van der Waals surface area contributed by atoms with E-state index < -0.39 is 0 Å². The van der Waals surface area contributed by atoms with Crippen LogP contribution in [0.2, 0.25) is 0 Å². The van der Waals surface area contributed by atoms with Crippen molar-refractivity contribution in [1.29, 1.82) is 0 Å². The van der Waals surface area contributed by atoms with E-state index in [4.69, 9.17) is 0 Å². The van der Waals surface area contributed by atoms with Gasteiger partial charge in [-0.2, -0.15) is 0 Å². The molecule has 0 saturated carbocycles. The summed E-state index contributed by atoms with van der Waals surface area (Å²) in [4.78, 5) is 37.1. The minimum atomic E-state index is -0.0272. The molecule has 26 heavy (non-hydrogen) atoms. The van der Waals surface area contributed by atoms with Crippen molar-refractivity contribution in [3.63, 3.8) is 0 Å². The van der Waals surface area contributed by atoms with Crippen LogP contribution in [0.4, 0.5) is 0 Å². The maximum atomic E-state index is 12.8. The molecule has 3 heterocycles. The Labute approximate surface area is 152 Å². The second-order valence-electron chi connectivity index (χ2n) is 7.18. The highest BCUT2D eigenvalue weighted by Gasteiger charge is 2.49. The molecule has 0 unspecified atom stereocenters. The molecule has 0 radical (unpaired) electrons. The molecule has 2 fully saturated rings. The van der Waals surface area contributed by atoms with Gasteiger partial charge in [0, 0.05) is 50.8 Å². The van der Waals surface area contributed by atoms with Crippen molar-refractivity contribution in [2.45, 2.75) is 19.9 Å². The first kappa shape index (κ1) is 16.7. The van der Waals surface area contributed by atoms with E-state index in [9.17, 15) is 9.59 Å². The fraction of sp³-hybridized carbons (Fsp3) is 0.400. The molecule has 0 N–H and O–H groups in total. The number of rotatable bonds is 2. The first-order valence-electron chi connectivity index (χ1n) is 8.94. The molecule has 2 aromatic rings. The molecule has 0 aliphatic carbocycles. The number of aryl methyl sites for hydroxylation is 1.